The van der Waals surface area contributed by atoms with Crippen molar-refractivity contribution in [3.8, 4) is 0 Å². The van der Waals surface area contributed by atoms with Gasteiger partial charge in [-0.05, 0) is 59.9 Å². The fourth-order valence-corrected chi connectivity index (χ4v) is 5.62. The maximum Gasteiger partial charge on any atom is 0.201 e. The Balaban J connectivity index is 1.08. The van der Waals surface area contributed by atoms with Crippen molar-refractivity contribution in [3.63, 3.8) is 0 Å². The van der Waals surface area contributed by atoms with Gasteiger partial charge in [-0.1, -0.05) is 60.7 Å². The Morgan fingerprint density at radius 2 is 1.54 bits per heavy atom. The number of allylic oxidation sites excluding steroid dienone is 1. The second kappa shape index (κ2) is 10.3. The molecule has 3 heterocycles. The van der Waals surface area contributed by atoms with Crippen molar-refractivity contribution in [1.82, 2.24) is 24.8 Å². The van der Waals surface area contributed by atoms with Crippen LogP contribution < -0.4 is 5.32 Å². The highest BCUT2D eigenvalue weighted by Gasteiger charge is 2.27. The van der Waals surface area contributed by atoms with E-state index in [0.717, 1.165) is 59.8 Å². The Hall–Kier alpha value is -4.49. The fourth-order valence-electron chi connectivity index (χ4n) is 5.62. The van der Waals surface area contributed by atoms with Gasteiger partial charge in [-0.25, -0.2) is 9.97 Å². The van der Waals surface area contributed by atoms with E-state index in [9.17, 15) is 0 Å². The number of imidazole rings is 2. The number of nitrogens with one attached hydrogen (secondary N) is 3. The molecule has 0 bridgehead atoms. The smallest absolute Gasteiger partial charge is 0.201 e. The van der Waals surface area contributed by atoms with Gasteiger partial charge in [-0.15, -0.1) is 0 Å². The predicted octanol–water partition coefficient (Wildman–Crippen LogP) is 6.15. The summed E-state index contributed by atoms with van der Waals surface area (Å²) in [4.78, 5) is 23.6. The molecule has 1 aliphatic heterocycles. The minimum Gasteiger partial charge on any atom is -0.352 e. The first-order valence-electron chi connectivity index (χ1n) is 13.6. The van der Waals surface area contributed by atoms with Crippen LogP contribution in [0.3, 0.4) is 0 Å². The van der Waals surface area contributed by atoms with Crippen LogP contribution >= 0.6 is 0 Å². The molecule has 0 saturated heterocycles. The number of aromatic nitrogens is 4. The predicted molar refractivity (Wildman–Crippen MR) is 158 cm³/mol. The largest absolute Gasteiger partial charge is 0.352 e. The van der Waals surface area contributed by atoms with E-state index in [-0.39, 0.29) is 0 Å². The lowest BCUT2D eigenvalue weighted by Crippen LogP contribution is -2.37. The van der Waals surface area contributed by atoms with E-state index < -0.39 is 0 Å². The van der Waals surface area contributed by atoms with Gasteiger partial charge in [0.15, 0.2) is 0 Å². The number of hydrogen-bond donors (Lipinski definition) is 3. The van der Waals surface area contributed by atoms with Gasteiger partial charge in [-0.3, -0.25) is 9.89 Å². The number of anilines is 1. The number of rotatable bonds is 8. The fraction of sp³-hybridized carbons (Fsp3) is 0.219. The average molecular weight is 514 g/mol. The van der Waals surface area contributed by atoms with E-state index in [1.165, 1.54) is 16.7 Å². The molecule has 39 heavy (non-hydrogen) atoms. The van der Waals surface area contributed by atoms with Crippen LogP contribution in [0.5, 0.6) is 0 Å². The Morgan fingerprint density at radius 3 is 2.33 bits per heavy atom. The Labute approximate surface area is 227 Å². The first-order valence-corrected chi connectivity index (χ1v) is 13.6. The average Bonchev–Trinajstić information content (AvgIpc) is 3.59. The van der Waals surface area contributed by atoms with Crippen molar-refractivity contribution < 1.29 is 0 Å². The molecule has 7 heteroatoms. The molecule has 2 aliphatic rings. The zero-order chi connectivity index (χ0) is 26.0. The summed E-state index contributed by atoms with van der Waals surface area (Å²) in [5.74, 6) is 1.79. The van der Waals surface area contributed by atoms with Crippen molar-refractivity contribution in [2.75, 3.05) is 5.32 Å². The topological polar surface area (TPSA) is 85.0 Å². The Kier molecular flexibility index (Phi) is 6.26. The second-order valence-corrected chi connectivity index (χ2v) is 10.4. The molecule has 0 amide bonds. The summed E-state index contributed by atoms with van der Waals surface area (Å²) in [7, 11) is 0. The number of dihydropyridines is 1. The normalized spacial score (nSPS) is 18.5. The van der Waals surface area contributed by atoms with E-state index in [1.54, 1.807) is 0 Å². The highest BCUT2D eigenvalue weighted by Crippen LogP contribution is 2.29. The number of hydrogen-bond acceptors (Lipinski definition) is 5. The molecule has 0 radical (unpaired) electrons. The minimum atomic E-state index is 0.304. The maximum atomic E-state index is 4.88. The molecule has 2 unspecified atom stereocenters. The van der Waals surface area contributed by atoms with Crippen LogP contribution in [-0.2, 0) is 19.6 Å². The van der Waals surface area contributed by atoms with Gasteiger partial charge in [0.25, 0.3) is 0 Å². The van der Waals surface area contributed by atoms with Crippen LogP contribution in [0.25, 0.3) is 22.1 Å². The molecule has 3 aromatic carbocycles. The molecule has 3 N–H and O–H groups in total. The van der Waals surface area contributed by atoms with E-state index in [4.69, 9.17) is 4.98 Å². The van der Waals surface area contributed by atoms with E-state index in [1.807, 2.05) is 48.7 Å². The maximum absolute atomic E-state index is 4.88. The molecule has 194 valence electrons. The van der Waals surface area contributed by atoms with Crippen molar-refractivity contribution in [1.29, 1.82) is 0 Å². The summed E-state index contributed by atoms with van der Waals surface area (Å²) in [5.41, 5.74) is 7.95. The molecular formula is C32H31N7. The number of aromatic amines is 2. The number of benzene rings is 3. The van der Waals surface area contributed by atoms with Crippen LogP contribution in [-0.4, -0.2) is 43.1 Å². The lowest BCUT2D eigenvalue weighted by molar-refractivity contribution is 0.188. The molecule has 7 nitrogen and oxygen atoms in total. The monoisotopic (exact) mass is 513 g/mol. The van der Waals surface area contributed by atoms with Crippen LogP contribution in [0.4, 0.5) is 5.95 Å². The van der Waals surface area contributed by atoms with E-state index >= 15 is 0 Å². The molecule has 1 aliphatic carbocycles. The standard InChI is InChI=1S/C32H31N7/c1-2-8-28-27(7-1)35-31(36-28)21-39(25-15-16-26-24(18-25)6-5-17-33-26)20-23-13-11-22(12-14-23)19-34-32-37-29-9-3-4-10-30(29)38-32/h1-14,17-18,25-26H,15-16,19-21H2,(H,35,36)(H2,34,37,38). The molecule has 0 spiro atoms. The molecule has 5 aromatic rings. The summed E-state index contributed by atoms with van der Waals surface area (Å²) in [6.07, 6.45) is 10.8. The third-order valence-corrected chi connectivity index (χ3v) is 7.66. The van der Waals surface area contributed by atoms with Crippen molar-refractivity contribution in [2.45, 2.75) is 44.6 Å². The highest BCUT2D eigenvalue weighted by atomic mass is 15.2. The lowest BCUT2D eigenvalue weighted by Gasteiger charge is -2.34. The first kappa shape index (κ1) is 23.6. The first-order chi connectivity index (χ1) is 19.3. The van der Waals surface area contributed by atoms with E-state index in [2.05, 4.69) is 78.7 Å². The number of nitrogens with zero attached hydrogens (tertiary/aromatic N) is 4. The van der Waals surface area contributed by atoms with Crippen LogP contribution in [0.1, 0.15) is 29.8 Å². The number of H-pyrrole nitrogens is 2. The zero-order valence-electron chi connectivity index (χ0n) is 21.7. The van der Waals surface area contributed by atoms with Gasteiger partial charge < -0.3 is 15.3 Å². The van der Waals surface area contributed by atoms with E-state index in [0.29, 0.717) is 18.6 Å². The molecule has 0 fully saturated rings. The summed E-state index contributed by atoms with van der Waals surface area (Å²) in [6.45, 7) is 2.32. The van der Waals surface area contributed by atoms with Gasteiger partial charge in [0.1, 0.15) is 5.82 Å². The van der Waals surface area contributed by atoms with Crippen molar-refractivity contribution in [2.24, 2.45) is 4.99 Å². The van der Waals surface area contributed by atoms with Gasteiger partial charge >= 0.3 is 0 Å². The molecular weight excluding hydrogens is 482 g/mol. The number of para-hydroxylation sites is 4. The third-order valence-electron chi connectivity index (χ3n) is 7.66. The summed E-state index contributed by atoms with van der Waals surface area (Å²) < 4.78 is 0. The van der Waals surface area contributed by atoms with Gasteiger partial charge in [0.05, 0.1) is 34.7 Å². The molecule has 7 rings (SSSR count). The second-order valence-electron chi connectivity index (χ2n) is 10.4. The molecule has 2 atom stereocenters. The zero-order valence-corrected chi connectivity index (χ0v) is 21.7. The van der Waals surface area contributed by atoms with Gasteiger partial charge in [-0.2, -0.15) is 0 Å². The van der Waals surface area contributed by atoms with Crippen molar-refractivity contribution >= 4 is 34.2 Å². The molecule has 0 saturated carbocycles. The highest BCUT2D eigenvalue weighted by molar-refractivity contribution is 5.77. The Bertz CT molecular complexity index is 1620. The van der Waals surface area contributed by atoms with Gasteiger partial charge in [0.2, 0.25) is 5.95 Å². The summed E-state index contributed by atoms with van der Waals surface area (Å²) in [6, 6.07) is 25.9. The SMILES string of the molecule is C1=CC2=CC(N(Cc3ccc(CNc4nc5ccccc5[nH]4)cc3)Cc3nc4ccccc4[nH]3)CCC2N=C1. The van der Waals surface area contributed by atoms with Crippen LogP contribution in [0.15, 0.2) is 102 Å². The number of fused-ring (bicyclic) bond motifs is 3. The quantitative estimate of drug-likeness (QED) is 0.232. The number of aliphatic imine (C=N–C) groups is 1. The Morgan fingerprint density at radius 1 is 0.795 bits per heavy atom. The van der Waals surface area contributed by atoms with Gasteiger partial charge in [0, 0.05) is 25.3 Å². The van der Waals surface area contributed by atoms with Crippen LogP contribution in [0.2, 0.25) is 0 Å². The minimum absolute atomic E-state index is 0.304. The summed E-state index contributed by atoms with van der Waals surface area (Å²) >= 11 is 0. The molecule has 2 aromatic heterocycles. The lowest BCUT2D eigenvalue weighted by atomic mass is 9.89. The third kappa shape index (κ3) is 5.13. The van der Waals surface area contributed by atoms with Crippen molar-refractivity contribution in [3.05, 3.63) is 114 Å². The van der Waals surface area contributed by atoms with Crippen LogP contribution in [0, 0.1) is 0 Å². The summed E-state index contributed by atoms with van der Waals surface area (Å²) in [5, 5.41) is 3.42.